The molecule has 0 aliphatic rings. The number of furan rings is 1. The van der Waals surface area contributed by atoms with E-state index in [2.05, 4.69) is 15.9 Å². The largest absolute Gasteiger partial charge is 0.460 e. The van der Waals surface area contributed by atoms with E-state index >= 15 is 0 Å². The summed E-state index contributed by atoms with van der Waals surface area (Å²) in [5, 5.41) is 0. The summed E-state index contributed by atoms with van der Waals surface area (Å²) in [5.41, 5.74) is 7.50. The predicted octanol–water partition coefficient (Wildman–Crippen LogP) is 4.37. The Morgan fingerprint density at radius 2 is 1.76 bits per heavy atom. The first-order valence-electron chi connectivity index (χ1n) is 7.94. The van der Waals surface area contributed by atoms with E-state index in [1.165, 1.54) is 0 Å². The zero-order valence-electron chi connectivity index (χ0n) is 13.9. The van der Waals surface area contributed by atoms with E-state index in [9.17, 15) is 4.79 Å². The molecular weight excluding hydrogens is 380 g/mol. The van der Waals surface area contributed by atoms with Crippen LogP contribution < -0.4 is 5.73 Å². The zero-order valence-corrected chi connectivity index (χ0v) is 15.4. The highest BCUT2D eigenvalue weighted by Crippen LogP contribution is 2.26. The Kier molecular flexibility index (Phi) is 5.36. The van der Waals surface area contributed by atoms with Crippen LogP contribution >= 0.6 is 15.9 Å². The van der Waals surface area contributed by atoms with E-state index in [-0.39, 0.29) is 5.91 Å². The van der Waals surface area contributed by atoms with Crippen molar-refractivity contribution in [2.24, 2.45) is 5.73 Å². The highest BCUT2D eigenvalue weighted by Gasteiger charge is 2.23. The summed E-state index contributed by atoms with van der Waals surface area (Å²) >= 11 is 3.43. The third kappa shape index (κ3) is 4.18. The number of carbonyl (C=O) groups is 1. The fourth-order valence-corrected chi connectivity index (χ4v) is 3.10. The Balaban J connectivity index is 1.77. The molecule has 25 heavy (non-hydrogen) atoms. The molecule has 0 saturated carbocycles. The molecule has 1 aromatic heterocycles. The third-order valence-corrected chi connectivity index (χ3v) is 4.55. The van der Waals surface area contributed by atoms with Gasteiger partial charge in [0.05, 0.1) is 6.54 Å². The standard InChI is InChI=1S/C20H19BrN2O2/c1-23(19(20(22)24)15-5-3-2-4-6-15)13-17-11-12-18(25-17)14-7-9-16(21)10-8-14/h2-12,19H,13H2,1H3,(H2,22,24). The summed E-state index contributed by atoms with van der Waals surface area (Å²) in [7, 11) is 1.87. The molecular formula is C20H19BrN2O2. The maximum absolute atomic E-state index is 11.9. The molecule has 0 bridgehead atoms. The predicted molar refractivity (Wildman–Crippen MR) is 102 cm³/mol. The molecule has 0 aliphatic heterocycles. The summed E-state index contributed by atoms with van der Waals surface area (Å²) in [6, 6.07) is 20.8. The number of nitrogens with zero attached hydrogens (tertiary/aromatic N) is 1. The average Bonchev–Trinajstić information content (AvgIpc) is 3.04. The fraction of sp³-hybridized carbons (Fsp3) is 0.150. The molecule has 2 N–H and O–H groups in total. The molecule has 0 saturated heterocycles. The topological polar surface area (TPSA) is 59.5 Å². The van der Waals surface area contributed by atoms with E-state index in [4.69, 9.17) is 10.2 Å². The molecule has 4 nitrogen and oxygen atoms in total. The summed E-state index contributed by atoms with van der Waals surface area (Å²) in [6.07, 6.45) is 0. The molecule has 1 amide bonds. The van der Waals surface area contributed by atoms with Gasteiger partial charge in [-0.15, -0.1) is 0 Å². The quantitative estimate of drug-likeness (QED) is 0.670. The van der Waals surface area contributed by atoms with Gasteiger partial charge in [-0.1, -0.05) is 58.4 Å². The van der Waals surface area contributed by atoms with Gasteiger partial charge in [-0.05, 0) is 36.9 Å². The summed E-state index contributed by atoms with van der Waals surface area (Å²) in [6.45, 7) is 0.485. The lowest BCUT2D eigenvalue weighted by Crippen LogP contribution is -2.34. The second-order valence-corrected chi connectivity index (χ2v) is 6.82. The lowest BCUT2D eigenvalue weighted by Gasteiger charge is -2.24. The van der Waals surface area contributed by atoms with Crippen LogP contribution in [0.5, 0.6) is 0 Å². The number of halogens is 1. The molecule has 2 aromatic carbocycles. The lowest BCUT2D eigenvalue weighted by molar-refractivity contribution is -0.123. The van der Waals surface area contributed by atoms with Crippen LogP contribution in [0.2, 0.25) is 0 Å². The molecule has 5 heteroatoms. The molecule has 0 radical (unpaired) electrons. The molecule has 128 valence electrons. The number of amides is 1. The average molecular weight is 399 g/mol. The smallest absolute Gasteiger partial charge is 0.239 e. The first kappa shape index (κ1) is 17.5. The number of nitrogens with two attached hydrogens (primary N) is 1. The Morgan fingerprint density at radius 1 is 1.08 bits per heavy atom. The van der Waals surface area contributed by atoms with Crippen LogP contribution in [0.4, 0.5) is 0 Å². The van der Waals surface area contributed by atoms with Crippen molar-refractivity contribution in [3.8, 4) is 11.3 Å². The van der Waals surface area contributed by atoms with Crippen LogP contribution in [0.15, 0.2) is 75.6 Å². The Hall–Kier alpha value is -2.37. The van der Waals surface area contributed by atoms with Crippen molar-refractivity contribution in [2.45, 2.75) is 12.6 Å². The van der Waals surface area contributed by atoms with E-state index in [1.807, 2.05) is 78.7 Å². The highest BCUT2D eigenvalue weighted by atomic mass is 79.9. The number of likely N-dealkylation sites (N-methyl/N-ethyl adjacent to an activating group) is 1. The van der Waals surface area contributed by atoms with Crippen molar-refractivity contribution in [3.05, 3.63) is 82.5 Å². The van der Waals surface area contributed by atoms with Crippen LogP contribution in [0, 0.1) is 0 Å². The lowest BCUT2D eigenvalue weighted by atomic mass is 10.1. The molecule has 0 spiro atoms. The number of rotatable bonds is 6. The van der Waals surface area contributed by atoms with Crippen molar-refractivity contribution >= 4 is 21.8 Å². The van der Waals surface area contributed by atoms with Crippen molar-refractivity contribution in [2.75, 3.05) is 7.05 Å². The Bertz CT molecular complexity index is 844. The first-order chi connectivity index (χ1) is 12.0. The summed E-state index contributed by atoms with van der Waals surface area (Å²) < 4.78 is 6.96. The maximum Gasteiger partial charge on any atom is 0.239 e. The van der Waals surface area contributed by atoms with Crippen LogP contribution in [0.1, 0.15) is 17.4 Å². The molecule has 0 aliphatic carbocycles. The molecule has 0 fully saturated rings. The monoisotopic (exact) mass is 398 g/mol. The minimum atomic E-state index is -0.498. The first-order valence-corrected chi connectivity index (χ1v) is 8.73. The van der Waals surface area contributed by atoms with Crippen LogP contribution in [-0.4, -0.2) is 17.9 Å². The number of hydrogen-bond acceptors (Lipinski definition) is 3. The van der Waals surface area contributed by atoms with Crippen molar-refractivity contribution in [3.63, 3.8) is 0 Å². The van der Waals surface area contributed by atoms with Crippen LogP contribution in [0.25, 0.3) is 11.3 Å². The molecule has 1 atom stereocenters. The molecule has 3 aromatic rings. The number of hydrogen-bond donors (Lipinski definition) is 1. The number of primary amides is 1. The SMILES string of the molecule is CN(Cc1ccc(-c2ccc(Br)cc2)o1)C(C(N)=O)c1ccccc1. The van der Waals surface area contributed by atoms with Crippen LogP contribution in [-0.2, 0) is 11.3 Å². The summed E-state index contributed by atoms with van der Waals surface area (Å²) in [4.78, 5) is 13.8. The van der Waals surface area contributed by atoms with Gasteiger partial charge in [0.25, 0.3) is 0 Å². The van der Waals surface area contributed by atoms with Gasteiger partial charge in [0.15, 0.2) is 0 Å². The van der Waals surface area contributed by atoms with E-state index < -0.39 is 6.04 Å². The van der Waals surface area contributed by atoms with Gasteiger partial charge in [0.2, 0.25) is 5.91 Å². The Labute approximate surface area is 155 Å². The van der Waals surface area contributed by atoms with Gasteiger partial charge < -0.3 is 10.2 Å². The minimum absolute atomic E-state index is 0.381. The van der Waals surface area contributed by atoms with Gasteiger partial charge in [0.1, 0.15) is 17.6 Å². The summed E-state index contributed by atoms with van der Waals surface area (Å²) in [5.74, 6) is 1.20. The van der Waals surface area contributed by atoms with Gasteiger partial charge >= 0.3 is 0 Å². The van der Waals surface area contributed by atoms with Gasteiger partial charge in [-0.2, -0.15) is 0 Å². The number of benzene rings is 2. The van der Waals surface area contributed by atoms with Crippen molar-refractivity contribution in [1.29, 1.82) is 0 Å². The van der Waals surface area contributed by atoms with Gasteiger partial charge in [-0.3, -0.25) is 9.69 Å². The number of carbonyl (C=O) groups excluding carboxylic acids is 1. The second kappa shape index (κ2) is 7.68. The van der Waals surface area contributed by atoms with Crippen LogP contribution in [0.3, 0.4) is 0 Å². The maximum atomic E-state index is 11.9. The van der Waals surface area contributed by atoms with E-state index in [1.54, 1.807) is 0 Å². The van der Waals surface area contributed by atoms with E-state index in [0.717, 1.165) is 27.1 Å². The van der Waals surface area contributed by atoms with Crippen molar-refractivity contribution in [1.82, 2.24) is 4.90 Å². The molecule has 3 rings (SSSR count). The fourth-order valence-electron chi connectivity index (χ4n) is 2.84. The third-order valence-electron chi connectivity index (χ3n) is 4.02. The van der Waals surface area contributed by atoms with Gasteiger partial charge in [0, 0.05) is 10.0 Å². The second-order valence-electron chi connectivity index (χ2n) is 5.90. The normalized spacial score (nSPS) is 12.3. The van der Waals surface area contributed by atoms with Crippen molar-refractivity contribution < 1.29 is 9.21 Å². The van der Waals surface area contributed by atoms with Gasteiger partial charge in [-0.25, -0.2) is 0 Å². The highest BCUT2D eigenvalue weighted by molar-refractivity contribution is 9.10. The molecule has 1 unspecified atom stereocenters. The molecule has 1 heterocycles. The Morgan fingerprint density at radius 3 is 2.40 bits per heavy atom. The minimum Gasteiger partial charge on any atom is -0.460 e. The zero-order chi connectivity index (χ0) is 17.8. The van der Waals surface area contributed by atoms with E-state index in [0.29, 0.717) is 6.54 Å².